The van der Waals surface area contributed by atoms with Crippen LogP contribution in [0.15, 0.2) is 128 Å². The summed E-state index contributed by atoms with van der Waals surface area (Å²) in [5.41, 5.74) is 10.2. The third-order valence-electron chi connectivity index (χ3n) is 5.96. The minimum Gasteiger partial charge on any atom is -0.388 e. The van der Waals surface area contributed by atoms with Gasteiger partial charge in [0.05, 0.1) is 5.69 Å². The summed E-state index contributed by atoms with van der Waals surface area (Å²) in [4.78, 5) is 2.31. The summed E-state index contributed by atoms with van der Waals surface area (Å²) in [5, 5.41) is 6.45. The van der Waals surface area contributed by atoms with E-state index in [0.29, 0.717) is 0 Å². The Balaban J connectivity index is 1.38. The molecular formula is C31H27N3. The number of benzene rings is 4. The molecule has 4 aromatic carbocycles. The van der Waals surface area contributed by atoms with Crippen molar-refractivity contribution in [1.82, 2.24) is 0 Å². The van der Waals surface area contributed by atoms with Crippen LogP contribution in [0.1, 0.15) is 5.56 Å². The second kappa shape index (κ2) is 9.55. The molecule has 0 saturated heterocycles. The molecule has 0 atom stereocenters. The lowest BCUT2D eigenvalue weighted by Gasteiger charge is -2.33. The first-order valence-corrected chi connectivity index (χ1v) is 11.4. The van der Waals surface area contributed by atoms with Crippen LogP contribution in [-0.4, -0.2) is 7.05 Å². The van der Waals surface area contributed by atoms with Gasteiger partial charge in [-0.3, -0.25) is 0 Å². The lowest BCUT2D eigenvalue weighted by atomic mass is 9.89. The Hall–Kier alpha value is -4.50. The Bertz CT molecular complexity index is 1380. The number of anilines is 5. The van der Waals surface area contributed by atoms with Crippen molar-refractivity contribution in [3.8, 4) is 11.1 Å². The molecule has 166 valence electrons. The van der Waals surface area contributed by atoms with Gasteiger partial charge in [-0.15, -0.1) is 0 Å². The molecule has 2 bridgehead atoms. The Morgan fingerprint density at radius 2 is 1.53 bits per heavy atom. The van der Waals surface area contributed by atoms with Crippen LogP contribution < -0.4 is 15.5 Å². The molecule has 5 rings (SSSR count). The van der Waals surface area contributed by atoms with E-state index in [1.54, 1.807) is 0 Å². The molecule has 3 heteroatoms. The standard InChI is InChI=1S/C31H27N3/c1-23(11-8-9-20-33-25-13-10-12-24(21-25)32-2)28-19-18-27-22-30(28)29-16-6-7-17-31(29)34(27)26-14-4-3-5-15-26/h3-22,32-33H,1H2,2H3/b11-8-,20-9-. The number of para-hydroxylation sites is 2. The van der Waals surface area contributed by atoms with E-state index in [0.717, 1.165) is 33.9 Å². The fraction of sp³-hybridized carbons (Fsp3) is 0.0323. The SMILES string of the molecule is C=C(/C=C\C=C/Nc1cccc(NC)c1)c1ccc2cc1-c1ccccc1N2c1ccccc1. The summed E-state index contributed by atoms with van der Waals surface area (Å²) in [5.74, 6) is 0. The topological polar surface area (TPSA) is 27.3 Å². The highest BCUT2D eigenvalue weighted by Crippen LogP contribution is 2.48. The second-order valence-corrected chi connectivity index (χ2v) is 8.14. The third kappa shape index (κ3) is 4.24. The molecule has 0 unspecified atom stereocenters. The summed E-state index contributed by atoms with van der Waals surface area (Å²) in [6, 6.07) is 33.8. The van der Waals surface area contributed by atoms with Crippen LogP contribution in [0.25, 0.3) is 16.7 Å². The molecule has 0 fully saturated rings. The van der Waals surface area contributed by atoms with Gasteiger partial charge in [0.2, 0.25) is 0 Å². The van der Waals surface area contributed by atoms with Crippen molar-refractivity contribution in [3.63, 3.8) is 0 Å². The van der Waals surface area contributed by atoms with Gasteiger partial charge in [0.1, 0.15) is 0 Å². The Morgan fingerprint density at radius 1 is 0.735 bits per heavy atom. The van der Waals surface area contributed by atoms with Crippen molar-refractivity contribution in [2.45, 2.75) is 0 Å². The summed E-state index contributed by atoms with van der Waals surface area (Å²) in [6.07, 6.45) is 7.99. The van der Waals surface area contributed by atoms with Crippen LogP contribution >= 0.6 is 0 Å². The molecule has 2 N–H and O–H groups in total. The molecule has 0 aromatic heterocycles. The lowest BCUT2D eigenvalue weighted by Crippen LogP contribution is -2.14. The van der Waals surface area contributed by atoms with Crippen molar-refractivity contribution in [3.05, 3.63) is 134 Å². The first-order valence-electron chi connectivity index (χ1n) is 11.4. The average molecular weight is 442 g/mol. The van der Waals surface area contributed by atoms with Crippen LogP contribution in [0.4, 0.5) is 28.4 Å². The monoisotopic (exact) mass is 441 g/mol. The molecule has 0 saturated carbocycles. The highest BCUT2D eigenvalue weighted by Gasteiger charge is 2.23. The molecule has 1 heterocycles. The quantitative estimate of drug-likeness (QED) is 0.248. The van der Waals surface area contributed by atoms with Crippen molar-refractivity contribution in [1.29, 1.82) is 0 Å². The molecule has 0 amide bonds. The molecule has 3 nitrogen and oxygen atoms in total. The second-order valence-electron chi connectivity index (χ2n) is 8.14. The number of rotatable bonds is 7. The Kier molecular flexibility index (Phi) is 6.00. The Labute approximate surface area is 201 Å². The van der Waals surface area contributed by atoms with Gasteiger partial charge < -0.3 is 15.5 Å². The number of hydrogen-bond donors (Lipinski definition) is 2. The maximum Gasteiger partial charge on any atom is 0.0540 e. The van der Waals surface area contributed by atoms with Crippen molar-refractivity contribution >= 4 is 34.0 Å². The van der Waals surface area contributed by atoms with E-state index in [1.165, 1.54) is 16.8 Å². The van der Waals surface area contributed by atoms with Crippen molar-refractivity contribution in [2.24, 2.45) is 0 Å². The zero-order valence-corrected chi connectivity index (χ0v) is 19.2. The molecule has 0 aliphatic carbocycles. The number of hydrogen-bond acceptors (Lipinski definition) is 3. The zero-order chi connectivity index (χ0) is 23.3. The van der Waals surface area contributed by atoms with Gasteiger partial charge in [-0.1, -0.05) is 67.3 Å². The van der Waals surface area contributed by atoms with Crippen LogP contribution in [0, 0.1) is 0 Å². The van der Waals surface area contributed by atoms with E-state index in [9.17, 15) is 0 Å². The average Bonchev–Trinajstić information content (AvgIpc) is 2.89. The van der Waals surface area contributed by atoms with E-state index in [-0.39, 0.29) is 0 Å². The number of fused-ring (bicyclic) bond motifs is 4. The predicted molar refractivity (Wildman–Crippen MR) is 147 cm³/mol. The van der Waals surface area contributed by atoms with E-state index >= 15 is 0 Å². The van der Waals surface area contributed by atoms with E-state index in [1.807, 2.05) is 49.7 Å². The minimum absolute atomic E-state index is 0.978. The summed E-state index contributed by atoms with van der Waals surface area (Å²) in [7, 11) is 1.92. The summed E-state index contributed by atoms with van der Waals surface area (Å²) in [6.45, 7) is 4.35. The van der Waals surface area contributed by atoms with Crippen LogP contribution in [0.5, 0.6) is 0 Å². The molecule has 34 heavy (non-hydrogen) atoms. The zero-order valence-electron chi connectivity index (χ0n) is 19.2. The molecule has 0 spiro atoms. The third-order valence-corrected chi connectivity index (χ3v) is 5.96. The Morgan fingerprint density at radius 3 is 2.38 bits per heavy atom. The van der Waals surface area contributed by atoms with Gasteiger partial charge in [-0.05, 0) is 71.3 Å². The number of allylic oxidation sites excluding steroid dienone is 4. The normalized spacial score (nSPS) is 12.1. The molecule has 1 aliphatic heterocycles. The smallest absolute Gasteiger partial charge is 0.0540 e. The number of nitrogens with one attached hydrogen (secondary N) is 2. The summed E-state index contributed by atoms with van der Waals surface area (Å²) >= 11 is 0. The highest BCUT2D eigenvalue weighted by molar-refractivity contribution is 5.98. The lowest BCUT2D eigenvalue weighted by molar-refractivity contribution is 1.26. The van der Waals surface area contributed by atoms with Gasteiger partial charge in [0.15, 0.2) is 0 Å². The fourth-order valence-corrected chi connectivity index (χ4v) is 4.30. The predicted octanol–water partition coefficient (Wildman–Crippen LogP) is 8.37. The number of nitrogens with zero attached hydrogens (tertiary/aromatic N) is 1. The molecular weight excluding hydrogens is 414 g/mol. The molecule has 0 radical (unpaired) electrons. The van der Waals surface area contributed by atoms with E-state index in [4.69, 9.17) is 0 Å². The fourth-order valence-electron chi connectivity index (χ4n) is 4.30. The minimum atomic E-state index is 0.978. The summed E-state index contributed by atoms with van der Waals surface area (Å²) < 4.78 is 0. The van der Waals surface area contributed by atoms with E-state index < -0.39 is 0 Å². The first-order chi connectivity index (χ1) is 16.7. The van der Waals surface area contributed by atoms with Gasteiger partial charge in [0.25, 0.3) is 0 Å². The van der Waals surface area contributed by atoms with Gasteiger partial charge in [-0.2, -0.15) is 0 Å². The van der Waals surface area contributed by atoms with Crippen LogP contribution in [0.2, 0.25) is 0 Å². The van der Waals surface area contributed by atoms with Crippen LogP contribution in [0.3, 0.4) is 0 Å². The molecule has 1 aliphatic rings. The van der Waals surface area contributed by atoms with E-state index in [2.05, 4.69) is 101 Å². The van der Waals surface area contributed by atoms with Gasteiger partial charge in [0, 0.05) is 41.6 Å². The van der Waals surface area contributed by atoms with Gasteiger partial charge >= 0.3 is 0 Å². The molecule has 4 aromatic rings. The maximum atomic E-state index is 4.35. The van der Waals surface area contributed by atoms with Crippen molar-refractivity contribution < 1.29 is 0 Å². The van der Waals surface area contributed by atoms with Crippen molar-refractivity contribution in [2.75, 3.05) is 22.6 Å². The first kappa shape index (κ1) is 21.4. The highest BCUT2D eigenvalue weighted by atomic mass is 15.1. The largest absolute Gasteiger partial charge is 0.388 e. The maximum absolute atomic E-state index is 4.35. The van der Waals surface area contributed by atoms with Gasteiger partial charge in [-0.25, -0.2) is 0 Å². The van der Waals surface area contributed by atoms with Crippen LogP contribution in [-0.2, 0) is 0 Å².